The van der Waals surface area contributed by atoms with E-state index in [4.69, 9.17) is 5.73 Å². The highest BCUT2D eigenvalue weighted by molar-refractivity contribution is 5.40. The Balaban J connectivity index is 2.25. The van der Waals surface area contributed by atoms with Gasteiger partial charge in [-0.2, -0.15) is 5.10 Å². The van der Waals surface area contributed by atoms with Crippen LogP contribution >= 0.6 is 0 Å². The van der Waals surface area contributed by atoms with E-state index in [0.717, 1.165) is 11.5 Å². The highest BCUT2D eigenvalue weighted by Crippen LogP contribution is 2.43. The van der Waals surface area contributed by atoms with E-state index < -0.39 is 0 Å². The molecule has 0 spiro atoms. The number of anilines is 1. The number of nitrogens with zero attached hydrogens (tertiary/aromatic N) is 2. The van der Waals surface area contributed by atoms with Gasteiger partial charge < -0.3 is 5.73 Å². The Labute approximate surface area is 72.0 Å². The van der Waals surface area contributed by atoms with Crippen LogP contribution in [-0.2, 0) is 0 Å². The monoisotopic (exact) mass is 163 g/mol. The molecule has 1 fully saturated rings. The van der Waals surface area contributed by atoms with Gasteiger partial charge in [-0.3, -0.25) is 0 Å². The van der Waals surface area contributed by atoms with Crippen LogP contribution in [0.2, 0.25) is 0 Å². The molecule has 3 heteroatoms. The molecule has 1 aliphatic carbocycles. The molecule has 2 rings (SSSR count). The minimum absolute atomic E-state index is 0.556. The Kier molecular flexibility index (Phi) is 1.71. The summed E-state index contributed by atoms with van der Waals surface area (Å²) in [5, 5.41) is 7.57. The maximum absolute atomic E-state index is 5.71. The molecule has 0 aromatic carbocycles. The van der Waals surface area contributed by atoms with Crippen LogP contribution in [0.4, 0.5) is 5.82 Å². The molecular formula is C9H13N3. The fourth-order valence-corrected chi connectivity index (χ4v) is 1.59. The quantitative estimate of drug-likeness (QED) is 0.720. The first kappa shape index (κ1) is 7.53. The van der Waals surface area contributed by atoms with Crippen LogP contribution in [0.1, 0.15) is 31.2 Å². The van der Waals surface area contributed by atoms with E-state index in [0.29, 0.717) is 11.7 Å². The summed E-state index contributed by atoms with van der Waals surface area (Å²) in [6.07, 6.45) is 4.39. The van der Waals surface area contributed by atoms with Crippen LogP contribution in [0.5, 0.6) is 0 Å². The molecule has 1 aromatic rings. The van der Waals surface area contributed by atoms with E-state index in [9.17, 15) is 0 Å². The highest BCUT2D eigenvalue weighted by Gasteiger charge is 2.30. The fourth-order valence-electron chi connectivity index (χ4n) is 1.59. The molecule has 1 aliphatic rings. The van der Waals surface area contributed by atoms with Gasteiger partial charge in [-0.15, -0.1) is 5.10 Å². The largest absolute Gasteiger partial charge is 0.382 e. The van der Waals surface area contributed by atoms with Crippen LogP contribution in [0.25, 0.3) is 0 Å². The average molecular weight is 163 g/mol. The zero-order chi connectivity index (χ0) is 8.55. The van der Waals surface area contributed by atoms with E-state index in [1.165, 1.54) is 12.8 Å². The van der Waals surface area contributed by atoms with Crippen molar-refractivity contribution in [2.45, 2.75) is 25.7 Å². The SMILES string of the molecule is CC(c1ccnnc1N)C1CC1. The summed E-state index contributed by atoms with van der Waals surface area (Å²) in [5.74, 6) is 1.98. The van der Waals surface area contributed by atoms with Gasteiger partial charge in [0.15, 0.2) is 0 Å². The predicted molar refractivity (Wildman–Crippen MR) is 47.6 cm³/mol. The second kappa shape index (κ2) is 2.73. The third kappa shape index (κ3) is 1.26. The average Bonchev–Trinajstić information content (AvgIpc) is 2.86. The van der Waals surface area contributed by atoms with Crippen LogP contribution in [-0.4, -0.2) is 10.2 Å². The molecule has 0 amide bonds. The minimum atomic E-state index is 0.556. The topological polar surface area (TPSA) is 51.8 Å². The zero-order valence-electron chi connectivity index (χ0n) is 7.20. The molecule has 0 bridgehead atoms. The number of hydrogen-bond acceptors (Lipinski definition) is 3. The lowest BCUT2D eigenvalue weighted by Gasteiger charge is -2.10. The molecule has 1 unspecified atom stereocenters. The summed E-state index contributed by atoms with van der Waals surface area (Å²) in [4.78, 5) is 0. The number of nitrogen functional groups attached to an aromatic ring is 1. The van der Waals surface area contributed by atoms with Crippen LogP contribution < -0.4 is 5.73 Å². The van der Waals surface area contributed by atoms with Gasteiger partial charge in [0.2, 0.25) is 0 Å². The summed E-state index contributed by atoms with van der Waals surface area (Å²) in [6.45, 7) is 2.21. The van der Waals surface area contributed by atoms with Gasteiger partial charge in [0.25, 0.3) is 0 Å². The lowest BCUT2D eigenvalue weighted by Crippen LogP contribution is -2.03. The third-order valence-corrected chi connectivity index (χ3v) is 2.60. The fraction of sp³-hybridized carbons (Fsp3) is 0.556. The molecule has 0 aliphatic heterocycles. The van der Waals surface area contributed by atoms with E-state index in [1.807, 2.05) is 6.07 Å². The third-order valence-electron chi connectivity index (χ3n) is 2.60. The van der Waals surface area contributed by atoms with Gasteiger partial charge in [-0.1, -0.05) is 6.92 Å². The molecule has 0 radical (unpaired) electrons. The second-order valence-corrected chi connectivity index (χ2v) is 3.50. The van der Waals surface area contributed by atoms with Gasteiger partial charge in [-0.25, -0.2) is 0 Å². The summed E-state index contributed by atoms with van der Waals surface area (Å²) in [5.41, 5.74) is 6.87. The molecule has 64 valence electrons. The number of hydrogen-bond donors (Lipinski definition) is 1. The Morgan fingerprint density at radius 1 is 1.58 bits per heavy atom. The molecule has 0 saturated heterocycles. The first-order valence-electron chi connectivity index (χ1n) is 4.36. The lowest BCUT2D eigenvalue weighted by atomic mass is 9.98. The van der Waals surface area contributed by atoms with Crippen molar-refractivity contribution in [1.29, 1.82) is 0 Å². The van der Waals surface area contributed by atoms with Gasteiger partial charge >= 0.3 is 0 Å². The van der Waals surface area contributed by atoms with E-state index >= 15 is 0 Å². The normalized spacial score (nSPS) is 19.1. The van der Waals surface area contributed by atoms with Crippen molar-refractivity contribution in [3.8, 4) is 0 Å². The maximum atomic E-state index is 5.71. The van der Waals surface area contributed by atoms with Crippen LogP contribution in [0.15, 0.2) is 12.3 Å². The van der Waals surface area contributed by atoms with E-state index in [-0.39, 0.29) is 0 Å². The van der Waals surface area contributed by atoms with Crippen molar-refractivity contribution in [3.63, 3.8) is 0 Å². The van der Waals surface area contributed by atoms with Crippen LogP contribution in [0.3, 0.4) is 0 Å². The summed E-state index contributed by atoms with van der Waals surface area (Å²) < 4.78 is 0. The Morgan fingerprint density at radius 2 is 2.33 bits per heavy atom. The van der Waals surface area contributed by atoms with E-state index in [1.54, 1.807) is 6.20 Å². The highest BCUT2D eigenvalue weighted by atomic mass is 15.1. The van der Waals surface area contributed by atoms with Gasteiger partial charge in [-0.05, 0) is 30.7 Å². The van der Waals surface area contributed by atoms with Crippen LogP contribution in [0, 0.1) is 5.92 Å². The predicted octanol–water partition coefficient (Wildman–Crippen LogP) is 1.57. The second-order valence-electron chi connectivity index (χ2n) is 3.50. The standard InChI is InChI=1S/C9H13N3/c1-6(7-2-3-7)8-4-5-11-12-9(8)10/h4-7H,2-3H2,1H3,(H2,10,12). The van der Waals surface area contributed by atoms with E-state index in [2.05, 4.69) is 17.1 Å². The maximum Gasteiger partial charge on any atom is 0.149 e. The number of rotatable bonds is 2. The molecule has 1 aromatic heterocycles. The Hall–Kier alpha value is -1.12. The minimum Gasteiger partial charge on any atom is -0.382 e. The summed E-state index contributed by atoms with van der Waals surface area (Å²) in [7, 11) is 0. The molecule has 2 N–H and O–H groups in total. The summed E-state index contributed by atoms with van der Waals surface area (Å²) >= 11 is 0. The lowest BCUT2D eigenvalue weighted by molar-refractivity contribution is 0.661. The molecule has 1 atom stereocenters. The van der Waals surface area contributed by atoms with Crippen molar-refractivity contribution in [2.75, 3.05) is 5.73 Å². The number of nitrogens with two attached hydrogens (primary N) is 1. The first-order chi connectivity index (χ1) is 5.79. The zero-order valence-corrected chi connectivity index (χ0v) is 7.20. The molecule has 3 nitrogen and oxygen atoms in total. The van der Waals surface area contributed by atoms with Gasteiger partial charge in [0, 0.05) is 5.56 Å². The molecule has 1 saturated carbocycles. The Bertz CT molecular complexity index is 281. The van der Waals surface area contributed by atoms with Crippen molar-refractivity contribution in [2.24, 2.45) is 5.92 Å². The molecule has 12 heavy (non-hydrogen) atoms. The van der Waals surface area contributed by atoms with Gasteiger partial charge in [0.1, 0.15) is 5.82 Å². The smallest absolute Gasteiger partial charge is 0.149 e. The van der Waals surface area contributed by atoms with Crippen molar-refractivity contribution in [1.82, 2.24) is 10.2 Å². The summed E-state index contributed by atoms with van der Waals surface area (Å²) in [6, 6.07) is 1.98. The van der Waals surface area contributed by atoms with Crippen molar-refractivity contribution < 1.29 is 0 Å². The molecule has 1 heterocycles. The Morgan fingerprint density at radius 3 is 2.92 bits per heavy atom. The first-order valence-corrected chi connectivity index (χ1v) is 4.36. The molecular weight excluding hydrogens is 150 g/mol. The van der Waals surface area contributed by atoms with Crippen molar-refractivity contribution in [3.05, 3.63) is 17.8 Å². The van der Waals surface area contributed by atoms with Crippen molar-refractivity contribution >= 4 is 5.82 Å². The number of aromatic nitrogens is 2. The van der Waals surface area contributed by atoms with Gasteiger partial charge in [0.05, 0.1) is 6.20 Å².